The Morgan fingerprint density at radius 2 is 2.04 bits per heavy atom. The molecule has 2 aromatic carbocycles. The van der Waals surface area contributed by atoms with Crippen molar-refractivity contribution < 1.29 is 23.0 Å². The van der Waals surface area contributed by atoms with Crippen LogP contribution in [0.2, 0.25) is 0 Å². The van der Waals surface area contributed by atoms with Crippen molar-refractivity contribution in [2.75, 3.05) is 12.4 Å². The average molecular weight is 361 g/mol. The van der Waals surface area contributed by atoms with E-state index in [0.29, 0.717) is 12.2 Å². The Morgan fingerprint density at radius 3 is 2.81 bits per heavy atom. The molecule has 8 heteroatoms. The van der Waals surface area contributed by atoms with Gasteiger partial charge in [0.1, 0.15) is 0 Å². The molecule has 1 N–H and O–H groups in total. The number of nitrogens with zero attached hydrogens (tertiary/aromatic N) is 2. The van der Waals surface area contributed by atoms with Crippen LogP contribution in [-0.4, -0.2) is 29.2 Å². The summed E-state index contributed by atoms with van der Waals surface area (Å²) in [6.45, 7) is -2.53. The topological polar surface area (TPSA) is 65.4 Å². The summed E-state index contributed by atoms with van der Waals surface area (Å²) in [6.07, 6.45) is 1.89. The highest BCUT2D eigenvalue weighted by atomic mass is 19.3. The Labute approximate surface area is 148 Å². The van der Waals surface area contributed by atoms with E-state index < -0.39 is 6.61 Å². The first-order valence-electron chi connectivity index (χ1n) is 7.89. The Morgan fingerprint density at radius 1 is 1.23 bits per heavy atom. The minimum absolute atomic E-state index is 0.138. The number of nitrogens with one attached hydrogen (secondary N) is 1. The molecule has 6 nitrogen and oxygen atoms in total. The monoisotopic (exact) mass is 361 g/mol. The summed E-state index contributed by atoms with van der Waals surface area (Å²) in [5.74, 6) is -0.231. The molecule has 26 heavy (non-hydrogen) atoms. The van der Waals surface area contributed by atoms with E-state index in [1.165, 1.54) is 19.2 Å². The minimum Gasteiger partial charge on any atom is -0.493 e. The number of amides is 1. The number of aromatic nitrogens is 2. The van der Waals surface area contributed by atoms with Crippen LogP contribution < -0.4 is 14.8 Å². The van der Waals surface area contributed by atoms with Crippen molar-refractivity contribution in [3.63, 3.8) is 0 Å². The van der Waals surface area contributed by atoms with Gasteiger partial charge in [0.05, 0.1) is 24.5 Å². The van der Waals surface area contributed by atoms with Crippen LogP contribution in [0.3, 0.4) is 0 Å². The van der Waals surface area contributed by atoms with Gasteiger partial charge in [0.15, 0.2) is 11.5 Å². The zero-order chi connectivity index (χ0) is 18.5. The van der Waals surface area contributed by atoms with Crippen molar-refractivity contribution in [1.82, 2.24) is 9.55 Å². The van der Waals surface area contributed by atoms with Crippen LogP contribution >= 0.6 is 0 Å². The lowest BCUT2D eigenvalue weighted by molar-refractivity contribution is -0.116. The molecule has 0 aliphatic rings. The predicted octanol–water partition coefficient (Wildman–Crippen LogP) is 3.68. The fourth-order valence-electron chi connectivity index (χ4n) is 2.58. The molecule has 1 amide bonds. The number of alkyl halides is 2. The summed E-state index contributed by atoms with van der Waals surface area (Å²) in [6, 6.07) is 11.9. The zero-order valence-corrected chi connectivity index (χ0v) is 14.0. The number of aryl methyl sites for hydroxylation is 1. The summed E-state index contributed by atoms with van der Waals surface area (Å²) in [7, 11) is 1.35. The number of halogens is 2. The number of imidazole rings is 1. The number of carbonyl (C=O) groups excluding carboxylic acids is 1. The van der Waals surface area contributed by atoms with E-state index in [1.54, 1.807) is 12.4 Å². The molecule has 0 spiro atoms. The number of benzene rings is 2. The SMILES string of the molecule is COc1ccc(NC(=O)CCn2cnc3ccccc32)cc1OC(F)F. The van der Waals surface area contributed by atoms with Gasteiger partial charge in [-0.15, -0.1) is 0 Å². The second-order valence-electron chi connectivity index (χ2n) is 5.47. The minimum atomic E-state index is -2.98. The van der Waals surface area contributed by atoms with Crippen LogP contribution in [-0.2, 0) is 11.3 Å². The number of fused-ring (bicyclic) bond motifs is 1. The van der Waals surface area contributed by atoms with Gasteiger partial charge in [-0.3, -0.25) is 4.79 Å². The van der Waals surface area contributed by atoms with Crippen molar-refractivity contribution in [2.24, 2.45) is 0 Å². The lowest BCUT2D eigenvalue weighted by Gasteiger charge is -2.12. The van der Waals surface area contributed by atoms with Crippen LogP contribution in [0.5, 0.6) is 11.5 Å². The van der Waals surface area contributed by atoms with Gasteiger partial charge in [-0.05, 0) is 24.3 Å². The Balaban J connectivity index is 1.64. The van der Waals surface area contributed by atoms with E-state index >= 15 is 0 Å². The normalized spacial score (nSPS) is 10.9. The molecule has 0 radical (unpaired) electrons. The lowest BCUT2D eigenvalue weighted by Crippen LogP contribution is -2.14. The van der Waals surface area contributed by atoms with Gasteiger partial charge in [-0.25, -0.2) is 4.98 Å². The summed E-state index contributed by atoms with van der Waals surface area (Å²) < 4.78 is 36.2. The second-order valence-corrected chi connectivity index (χ2v) is 5.47. The lowest BCUT2D eigenvalue weighted by atomic mass is 10.2. The molecule has 0 saturated heterocycles. The van der Waals surface area contributed by atoms with Gasteiger partial charge in [-0.1, -0.05) is 12.1 Å². The van der Waals surface area contributed by atoms with Crippen LogP contribution in [0.4, 0.5) is 14.5 Å². The maximum atomic E-state index is 12.5. The highest BCUT2D eigenvalue weighted by Crippen LogP contribution is 2.31. The number of methoxy groups -OCH3 is 1. The number of rotatable bonds is 7. The number of carbonyl (C=O) groups is 1. The Bertz CT molecular complexity index is 912. The van der Waals surface area contributed by atoms with E-state index in [9.17, 15) is 13.6 Å². The Kier molecular flexibility index (Phi) is 5.31. The molecule has 0 saturated carbocycles. The first-order chi connectivity index (χ1) is 12.6. The molecule has 0 atom stereocenters. The smallest absolute Gasteiger partial charge is 0.387 e. The third-order valence-corrected chi connectivity index (χ3v) is 3.77. The number of para-hydroxylation sites is 2. The third-order valence-electron chi connectivity index (χ3n) is 3.77. The van der Waals surface area contributed by atoms with E-state index in [1.807, 2.05) is 28.8 Å². The average Bonchev–Trinajstić information content (AvgIpc) is 3.03. The standard InChI is InChI=1S/C18H17F2N3O3/c1-25-15-7-6-12(10-16(15)26-18(19)20)22-17(24)8-9-23-11-21-13-4-2-3-5-14(13)23/h2-7,10-11,18H,8-9H2,1H3,(H,22,24). The molecule has 3 rings (SSSR count). The molecule has 0 aliphatic carbocycles. The van der Waals surface area contributed by atoms with Gasteiger partial charge in [0, 0.05) is 24.7 Å². The second kappa shape index (κ2) is 7.81. The largest absolute Gasteiger partial charge is 0.493 e. The summed E-state index contributed by atoms with van der Waals surface area (Å²) in [5.41, 5.74) is 2.15. The molecule has 1 aromatic heterocycles. The number of ether oxygens (including phenoxy) is 2. The first kappa shape index (κ1) is 17.7. The van der Waals surface area contributed by atoms with Gasteiger partial charge >= 0.3 is 6.61 Å². The van der Waals surface area contributed by atoms with Crippen molar-refractivity contribution >= 4 is 22.6 Å². The maximum absolute atomic E-state index is 12.5. The summed E-state index contributed by atoms with van der Waals surface area (Å²) in [4.78, 5) is 16.4. The number of hydrogen-bond donors (Lipinski definition) is 1. The van der Waals surface area contributed by atoms with Crippen LogP contribution in [0, 0.1) is 0 Å². The van der Waals surface area contributed by atoms with Gasteiger partial charge in [0.2, 0.25) is 5.91 Å². The third kappa shape index (κ3) is 4.08. The van der Waals surface area contributed by atoms with E-state index in [-0.39, 0.29) is 23.8 Å². The Hall–Kier alpha value is -3.16. The van der Waals surface area contributed by atoms with Gasteiger partial charge < -0.3 is 19.4 Å². The molecule has 0 bridgehead atoms. The quantitative estimate of drug-likeness (QED) is 0.697. The van der Waals surface area contributed by atoms with E-state index in [2.05, 4.69) is 15.0 Å². The maximum Gasteiger partial charge on any atom is 0.387 e. The zero-order valence-electron chi connectivity index (χ0n) is 14.0. The molecule has 1 heterocycles. The number of anilines is 1. The van der Waals surface area contributed by atoms with Crippen molar-refractivity contribution in [2.45, 2.75) is 19.6 Å². The van der Waals surface area contributed by atoms with Gasteiger partial charge in [-0.2, -0.15) is 8.78 Å². The molecule has 136 valence electrons. The molecule has 0 fully saturated rings. The molecule has 0 unspecified atom stereocenters. The summed E-state index contributed by atoms with van der Waals surface area (Å²) >= 11 is 0. The van der Waals surface area contributed by atoms with Crippen LogP contribution in [0.25, 0.3) is 11.0 Å². The van der Waals surface area contributed by atoms with Crippen molar-refractivity contribution in [3.8, 4) is 11.5 Å². The molecule has 0 aliphatic heterocycles. The fourth-order valence-corrected chi connectivity index (χ4v) is 2.58. The van der Waals surface area contributed by atoms with Crippen LogP contribution in [0.15, 0.2) is 48.8 Å². The highest BCUT2D eigenvalue weighted by molar-refractivity contribution is 5.91. The first-order valence-corrected chi connectivity index (χ1v) is 7.89. The van der Waals surface area contributed by atoms with Crippen LogP contribution in [0.1, 0.15) is 6.42 Å². The van der Waals surface area contributed by atoms with Crippen molar-refractivity contribution in [1.29, 1.82) is 0 Å². The highest BCUT2D eigenvalue weighted by Gasteiger charge is 2.13. The molecular weight excluding hydrogens is 344 g/mol. The fraction of sp³-hybridized carbons (Fsp3) is 0.222. The van der Waals surface area contributed by atoms with Crippen molar-refractivity contribution in [3.05, 3.63) is 48.8 Å². The predicted molar refractivity (Wildman–Crippen MR) is 92.6 cm³/mol. The molecule has 3 aromatic rings. The van der Waals surface area contributed by atoms with Gasteiger partial charge in [0.25, 0.3) is 0 Å². The summed E-state index contributed by atoms with van der Waals surface area (Å²) in [5, 5.41) is 2.66. The number of hydrogen-bond acceptors (Lipinski definition) is 4. The van der Waals surface area contributed by atoms with E-state index in [4.69, 9.17) is 4.74 Å². The molecular formula is C18H17F2N3O3. The van der Waals surface area contributed by atoms with E-state index in [0.717, 1.165) is 11.0 Å².